The van der Waals surface area contributed by atoms with E-state index in [0.717, 1.165) is 0 Å². The molecule has 21 heavy (non-hydrogen) atoms. The summed E-state index contributed by atoms with van der Waals surface area (Å²) in [4.78, 5) is 0.0978. The number of nitrogens with zero attached hydrogens (tertiary/aromatic N) is 2. The molecule has 0 saturated carbocycles. The van der Waals surface area contributed by atoms with Crippen LogP contribution in [0.3, 0.4) is 0 Å². The maximum Gasteiger partial charge on any atom is 0.240 e. The number of ether oxygens (including phenoxy) is 1. The lowest BCUT2D eigenvalue weighted by atomic mass is 10.3. The van der Waals surface area contributed by atoms with Gasteiger partial charge in [0, 0.05) is 18.4 Å². The van der Waals surface area contributed by atoms with Crippen molar-refractivity contribution in [2.45, 2.75) is 24.4 Å². The molecule has 1 aromatic carbocycles. The second-order valence-electron chi connectivity index (χ2n) is 4.55. The molecule has 2 rings (SSSR count). The van der Waals surface area contributed by atoms with E-state index in [1.54, 1.807) is 30.1 Å². The summed E-state index contributed by atoms with van der Waals surface area (Å²) in [6.45, 7) is 2.21. The molecule has 1 N–H and O–H groups in total. The van der Waals surface area contributed by atoms with Crippen molar-refractivity contribution in [3.05, 3.63) is 41.7 Å². The molecular formula is C13H16ClN3O3S. The first-order valence-electron chi connectivity index (χ1n) is 6.25. The normalized spacial score (nSPS) is 13.1. The second kappa shape index (κ2) is 6.46. The summed E-state index contributed by atoms with van der Waals surface area (Å²) in [5.74, 6) is 0.431. The van der Waals surface area contributed by atoms with Crippen LogP contribution in [0.15, 0.2) is 41.6 Å². The third-order valence-corrected chi connectivity index (χ3v) is 4.69. The Bertz CT molecular complexity index is 701. The Balaban J connectivity index is 2.12. The minimum absolute atomic E-state index is 0.0978. The number of nitrogens with one attached hydrogen (secondary N) is 1. The lowest BCUT2D eigenvalue weighted by molar-refractivity contribution is 0.414. The van der Waals surface area contributed by atoms with Crippen LogP contribution < -0.4 is 9.46 Å². The number of aromatic nitrogens is 2. The molecule has 1 atom stereocenters. The van der Waals surface area contributed by atoms with Crippen molar-refractivity contribution in [2.24, 2.45) is 0 Å². The summed E-state index contributed by atoms with van der Waals surface area (Å²) in [5, 5.41) is 4.29. The Morgan fingerprint density at radius 3 is 2.81 bits per heavy atom. The van der Waals surface area contributed by atoms with Crippen molar-refractivity contribution >= 4 is 21.6 Å². The summed E-state index contributed by atoms with van der Waals surface area (Å²) in [7, 11) is -2.17. The molecular weight excluding hydrogens is 314 g/mol. The quantitative estimate of drug-likeness (QED) is 0.878. The molecule has 6 nitrogen and oxygen atoms in total. The van der Waals surface area contributed by atoms with E-state index < -0.39 is 10.0 Å². The Morgan fingerprint density at radius 1 is 1.48 bits per heavy atom. The van der Waals surface area contributed by atoms with E-state index in [-0.39, 0.29) is 16.0 Å². The van der Waals surface area contributed by atoms with Crippen molar-refractivity contribution in [3.8, 4) is 5.75 Å². The first kappa shape index (κ1) is 15.8. The molecule has 1 heterocycles. The SMILES string of the molecule is COc1ccc(S(=O)(=O)NC(C)Cn2cccn2)cc1Cl. The van der Waals surface area contributed by atoms with Crippen molar-refractivity contribution in [1.82, 2.24) is 14.5 Å². The van der Waals surface area contributed by atoms with Crippen LogP contribution in [0.1, 0.15) is 6.92 Å². The van der Waals surface area contributed by atoms with Gasteiger partial charge >= 0.3 is 0 Å². The number of sulfonamides is 1. The second-order valence-corrected chi connectivity index (χ2v) is 6.67. The predicted octanol–water partition coefficient (Wildman–Crippen LogP) is 1.91. The maximum atomic E-state index is 12.3. The highest BCUT2D eigenvalue weighted by Gasteiger charge is 2.19. The molecule has 0 aliphatic heterocycles. The monoisotopic (exact) mass is 329 g/mol. The van der Waals surface area contributed by atoms with Gasteiger partial charge in [-0.1, -0.05) is 11.6 Å². The number of hydrogen-bond acceptors (Lipinski definition) is 4. The first-order valence-corrected chi connectivity index (χ1v) is 8.12. The zero-order chi connectivity index (χ0) is 15.5. The predicted molar refractivity (Wildman–Crippen MR) is 80.0 cm³/mol. The van der Waals surface area contributed by atoms with Crippen LogP contribution in [-0.4, -0.2) is 31.3 Å². The zero-order valence-electron chi connectivity index (χ0n) is 11.7. The molecule has 1 unspecified atom stereocenters. The van der Waals surface area contributed by atoms with Gasteiger partial charge in [0.2, 0.25) is 10.0 Å². The summed E-state index contributed by atoms with van der Waals surface area (Å²) < 4.78 is 33.8. The Morgan fingerprint density at radius 2 is 2.24 bits per heavy atom. The summed E-state index contributed by atoms with van der Waals surface area (Å²) in [6, 6.07) is 5.81. The van der Waals surface area contributed by atoms with Gasteiger partial charge in [0.05, 0.1) is 23.6 Å². The molecule has 8 heteroatoms. The number of rotatable bonds is 6. The van der Waals surface area contributed by atoms with E-state index >= 15 is 0 Å². The molecule has 0 bridgehead atoms. The van der Waals surface area contributed by atoms with E-state index in [0.29, 0.717) is 12.3 Å². The molecule has 0 radical (unpaired) electrons. The molecule has 0 aliphatic carbocycles. The smallest absolute Gasteiger partial charge is 0.240 e. The van der Waals surface area contributed by atoms with Crippen molar-refractivity contribution in [3.63, 3.8) is 0 Å². The maximum absolute atomic E-state index is 12.3. The van der Waals surface area contributed by atoms with Gasteiger partial charge in [-0.15, -0.1) is 0 Å². The molecule has 0 aliphatic rings. The molecule has 1 aromatic heterocycles. The molecule has 0 saturated heterocycles. The van der Waals surface area contributed by atoms with E-state index in [1.165, 1.54) is 25.3 Å². The molecule has 0 spiro atoms. The topological polar surface area (TPSA) is 73.2 Å². The standard InChI is InChI=1S/C13H16ClN3O3S/c1-10(9-17-7-3-6-15-17)16-21(18,19)11-4-5-13(20-2)12(14)8-11/h3-8,10,16H,9H2,1-2H3. The third-order valence-electron chi connectivity index (χ3n) is 2.81. The molecule has 2 aromatic rings. The van der Waals surface area contributed by atoms with Gasteiger partial charge in [-0.25, -0.2) is 13.1 Å². The van der Waals surface area contributed by atoms with E-state index in [2.05, 4.69) is 9.82 Å². The van der Waals surface area contributed by atoms with Crippen molar-refractivity contribution in [2.75, 3.05) is 7.11 Å². The number of halogens is 1. The first-order chi connectivity index (χ1) is 9.92. The number of benzene rings is 1. The van der Waals surface area contributed by atoms with Crippen LogP contribution in [0.25, 0.3) is 0 Å². The van der Waals surface area contributed by atoms with E-state index in [4.69, 9.17) is 16.3 Å². The van der Waals surface area contributed by atoms with Gasteiger partial charge < -0.3 is 4.74 Å². The zero-order valence-corrected chi connectivity index (χ0v) is 13.2. The fourth-order valence-electron chi connectivity index (χ4n) is 1.87. The lowest BCUT2D eigenvalue weighted by Crippen LogP contribution is -2.35. The van der Waals surface area contributed by atoms with Crippen LogP contribution in [-0.2, 0) is 16.6 Å². The van der Waals surface area contributed by atoms with E-state index in [9.17, 15) is 8.42 Å². The number of hydrogen-bond donors (Lipinski definition) is 1. The highest BCUT2D eigenvalue weighted by molar-refractivity contribution is 7.89. The minimum atomic E-state index is -3.64. The molecule has 0 amide bonds. The molecule has 114 valence electrons. The van der Waals surface area contributed by atoms with Crippen LogP contribution in [0, 0.1) is 0 Å². The van der Waals surface area contributed by atoms with Crippen LogP contribution in [0.5, 0.6) is 5.75 Å². The highest BCUT2D eigenvalue weighted by Crippen LogP contribution is 2.26. The molecule has 0 fully saturated rings. The average Bonchev–Trinajstić information content (AvgIpc) is 2.90. The average molecular weight is 330 g/mol. The lowest BCUT2D eigenvalue weighted by Gasteiger charge is -2.15. The van der Waals surface area contributed by atoms with E-state index in [1.807, 2.05) is 0 Å². The van der Waals surface area contributed by atoms with Gasteiger partial charge in [0.15, 0.2) is 0 Å². The largest absolute Gasteiger partial charge is 0.495 e. The Labute approximate surface area is 128 Å². The van der Waals surface area contributed by atoms with Gasteiger partial charge in [-0.3, -0.25) is 4.68 Å². The van der Waals surface area contributed by atoms with Crippen LogP contribution >= 0.6 is 11.6 Å². The van der Waals surface area contributed by atoms with Gasteiger partial charge in [-0.05, 0) is 31.2 Å². The van der Waals surface area contributed by atoms with Gasteiger partial charge in [-0.2, -0.15) is 5.10 Å². The Kier molecular flexibility index (Phi) is 4.87. The highest BCUT2D eigenvalue weighted by atomic mass is 35.5. The van der Waals surface area contributed by atoms with Crippen molar-refractivity contribution in [1.29, 1.82) is 0 Å². The van der Waals surface area contributed by atoms with Gasteiger partial charge in [0.25, 0.3) is 0 Å². The summed E-state index contributed by atoms with van der Waals surface area (Å²) in [5.41, 5.74) is 0. The van der Waals surface area contributed by atoms with Crippen LogP contribution in [0.2, 0.25) is 5.02 Å². The summed E-state index contributed by atoms with van der Waals surface area (Å²) >= 11 is 5.96. The van der Waals surface area contributed by atoms with Gasteiger partial charge in [0.1, 0.15) is 5.75 Å². The third kappa shape index (κ3) is 3.96. The Hall–Kier alpha value is -1.57. The fraction of sp³-hybridized carbons (Fsp3) is 0.308. The van der Waals surface area contributed by atoms with Crippen LogP contribution in [0.4, 0.5) is 0 Å². The minimum Gasteiger partial charge on any atom is -0.495 e. The fourth-order valence-corrected chi connectivity index (χ4v) is 3.46. The summed E-state index contributed by atoms with van der Waals surface area (Å²) in [6.07, 6.45) is 3.42. The van der Waals surface area contributed by atoms with Crippen molar-refractivity contribution < 1.29 is 13.2 Å². The number of methoxy groups -OCH3 is 1.